The predicted molar refractivity (Wildman–Crippen MR) is 63.8 cm³/mol. The van der Waals surface area contributed by atoms with Crippen LogP contribution in [0.15, 0.2) is 35.1 Å². The van der Waals surface area contributed by atoms with E-state index in [2.05, 4.69) is 10.2 Å². The molecule has 0 fully saturated rings. The summed E-state index contributed by atoms with van der Waals surface area (Å²) in [5.74, 6) is 0. The van der Waals surface area contributed by atoms with Gasteiger partial charge in [-0.05, 0) is 24.6 Å². The maximum absolute atomic E-state index is 12.8. The third-order valence-electron chi connectivity index (χ3n) is 2.71. The number of halogens is 3. The van der Waals surface area contributed by atoms with Gasteiger partial charge in [-0.1, -0.05) is 18.2 Å². The standard InChI is InChI=1S/C13H11F3N2O/c1-8-6-10(12(19)18-17-8)7-9-4-2-3-5-11(9)13(14,15)16/h2-6H,7H2,1H3,(H,18,19). The Morgan fingerprint density at radius 3 is 2.58 bits per heavy atom. The minimum Gasteiger partial charge on any atom is -0.268 e. The van der Waals surface area contributed by atoms with Gasteiger partial charge < -0.3 is 0 Å². The van der Waals surface area contributed by atoms with Crippen molar-refractivity contribution < 1.29 is 13.2 Å². The third-order valence-corrected chi connectivity index (χ3v) is 2.71. The SMILES string of the molecule is Cc1cc(Cc2ccccc2C(F)(F)F)c(=O)[nH]n1. The van der Waals surface area contributed by atoms with E-state index in [0.29, 0.717) is 5.69 Å². The van der Waals surface area contributed by atoms with E-state index in [1.807, 2.05) is 0 Å². The van der Waals surface area contributed by atoms with Gasteiger partial charge in [-0.25, -0.2) is 5.10 Å². The Bertz CT molecular complexity index is 647. The fourth-order valence-corrected chi connectivity index (χ4v) is 1.85. The highest BCUT2D eigenvalue weighted by molar-refractivity contribution is 5.34. The van der Waals surface area contributed by atoms with Crippen molar-refractivity contribution in [2.45, 2.75) is 19.5 Å². The number of nitrogens with zero attached hydrogens (tertiary/aromatic N) is 1. The van der Waals surface area contributed by atoms with Crippen LogP contribution in [0.2, 0.25) is 0 Å². The first kappa shape index (κ1) is 13.3. The van der Waals surface area contributed by atoms with Crippen molar-refractivity contribution in [1.29, 1.82) is 0 Å². The summed E-state index contributed by atoms with van der Waals surface area (Å²) >= 11 is 0. The molecule has 0 unspecified atom stereocenters. The van der Waals surface area contributed by atoms with Crippen LogP contribution in [0.4, 0.5) is 13.2 Å². The van der Waals surface area contributed by atoms with Gasteiger partial charge in [-0.2, -0.15) is 18.3 Å². The lowest BCUT2D eigenvalue weighted by molar-refractivity contribution is -0.138. The number of benzene rings is 1. The summed E-state index contributed by atoms with van der Waals surface area (Å²) in [7, 11) is 0. The Hall–Kier alpha value is -2.11. The van der Waals surface area contributed by atoms with E-state index in [9.17, 15) is 18.0 Å². The van der Waals surface area contributed by atoms with Crippen LogP contribution in [0.3, 0.4) is 0 Å². The molecule has 1 aromatic carbocycles. The molecule has 0 bridgehead atoms. The summed E-state index contributed by atoms with van der Waals surface area (Å²) in [5.41, 5.74) is -0.291. The second kappa shape index (κ2) is 4.87. The first-order valence-electron chi connectivity index (χ1n) is 5.58. The maximum Gasteiger partial charge on any atom is 0.416 e. The maximum atomic E-state index is 12.8. The predicted octanol–water partition coefficient (Wildman–Crippen LogP) is 2.69. The molecule has 3 nitrogen and oxygen atoms in total. The zero-order valence-electron chi connectivity index (χ0n) is 10.1. The minimum atomic E-state index is -4.43. The zero-order chi connectivity index (χ0) is 14.0. The number of hydrogen-bond donors (Lipinski definition) is 1. The van der Waals surface area contributed by atoms with Crippen LogP contribution in [0, 0.1) is 6.92 Å². The second-order valence-electron chi connectivity index (χ2n) is 4.20. The van der Waals surface area contributed by atoms with Crippen LogP contribution in [0.1, 0.15) is 22.4 Å². The van der Waals surface area contributed by atoms with E-state index in [4.69, 9.17) is 0 Å². The molecule has 6 heteroatoms. The van der Waals surface area contributed by atoms with Crippen LogP contribution in [0.5, 0.6) is 0 Å². The van der Waals surface area contributed by atoms with Crippen molar-refractivity contribution in [3.05, 3.63) is 63.1 Å². The molecule has 0 aliphatic carbocycles. The van der Waals surface area contributed by atoms with Crippen LogP contribution in [-0.4, -0.2) is 10.2 Å². The number of nitrogens with one attached hydrogen (secondary N) is 1. The van der Waals surface area contributed by atoms with E-state index in [0.717, 1.165) is 6.07 Å². The third kappa shape index (κ3) is 3.01. The quantitative estimate of drug-likeness (QED) is 0.910. The number of aromatic amines is 1. The molecule has 0 aliphatic rings. The lowest BCUT2D eigenvalue weighted by atomic mass is 10.0. The summed E-state index contributed by atoms with van der Waals surface area (Å²) in [6, 6.07) is 6.72. The number of hydrogen-bond acceptors (Lipinski definition) is 2. The fraction of sp³-hybridized carbons (Fsp3) is 0.231. The number of aryl methyl sites for hydroxylation is 1. The van der Waals surface area contributed by atoms with Crippen molar-refractivity contribution in [3.8, 4) is 0 Å². The highest BCUT2D eigenvalue weighted by atomic mass is 19.4. The molecule has 0 amide bonds. The lowest BCUT2D eigenvalue weighted by Gasteiger charge is -2.12. The number of H-pyrrole nitrogens is 1. The molecule has 0 saturated carbocycles. The molecule has 1 aromatic heterocycles. The van der Waals surface area contributed by atoms with Crippen LogP contribution >= 0.6 is 0 Å². The summed E-state index contributed by atoms with van der Waals surface area (Å²) < 4.78 is 38.5. The highest BCUT2D eigenvalue weighted by Crippen LogP contribution is 2.32. The largest absolute Gasteiger partial charge is 0.416 e. The summed E-state index contributed by atoms with van der Waals surface area (Å²) in [4.78, 5) is 11.5. The molecule has 1 heterocycles. The molecule has 0 spiro atoms. The number of alkyl halides is 3. The average Bonchev–Trinajstić information content (AvgIpc) is 2.33. The van der Waals surface area contributed by atoms with Crippen molar-refractivity contribution in [3.63, 3.8) is 0 Å². The average molecular weight is 268 g/mol. The highest BCUT2D eigenvalue weighted by Gasteiger charge is 2.32. The molecule has 2 aromatic rings. The number of rotatable bonds is 2. The van der Waals surface area contributed by atoms with E-state index < -0.39 is 17.3 Å². The van der Waals surface area contributed by atoms with Crippen molar-refractivity contribution in [1.82, 2.24) is 10.2 Å². The molecule has 0 aliphatic heterocycles. The normalized spacial score (nSPS) is 11.6. The van der Waals surface area contributed by atoms with Crippen molar-refractivity contribution in [2.75, 3.05) is 0 Å². The Labute approximate surface area is 107 Å². The van der Waals surface area contributed by atoms with Gasteiger partial charge in [0.15, 0.2) is 0 Å². The molecule has 0 saturated heterocycles. The molecule has 0 atom stereocenters. The molecular weight excluding hydrogens is 257 g/mol. The molecular formula is C13H11F3N2O. The molecule has 0 radical (unpaired) electrons. The van der Waals surface area contributed by atoms with Crippen LogP contribution in [0.25, 0.3) is 0 Å². The van der Waals surface area contributed by atoms with Gasteiger partial charge in [0.2, 0.25) is 0 Å². The van der Waals surface area contributed by atoms with Gasteiger partial charge in [0.25, 0.3) is 5.56 Å². The molecule has 19 heavy (non-hydrogen) atoms. The van der Waals surface area contributed by atoms with Gasteiger partial charge in [-0.3, -0.25) is 4.79 Å². The number of aromatic nitrogens is 2. The Morgan fingerprint density at radius 1 is 1.21 bits per heavy atom. The zero-order valence-corrected chi connectivity index (χ0v) is 10.1. The summed E-state index contributed by atoms with van der Waals surface area (Å²) in [5, 5.41) is 5.95. The second-order valence-corrected chi connectivity index (χ2v) is 4.20. The first-order valence-corrected chi connectivity index (χ1v) is 5.58. The molecule has 100 valence electrons. The van der Waals surface area contributed by atoms with Gasteiger partial charge in [-0.15, -0.1) is 0 Å². The Kier molecular flexibility index (Phi) is 3.42. The fourth-order valence-electron chi connectivity index (χ4n) is 1.85. The molecule has 1 N–H and O–H groups in total. The smallest absolute Gasteiger partial charge is 0.268 e. The van der Waals surface area contributed by atoms with Crippen molar-refractivity contribution >= 4 is 0 Å². The van der Waals surface area contributed by atoms with E-state index >= 15 is 0 Å². The van der Waals surface area contributed by atoms with Crippen molar-refractivity contribution in [2.24, 2.45) is 0 Å². The van der Waals surface area contributed by atoms with Gasteiger partial charge in [0, 0.05) is 12.0 Å². The monoisotopic (exact) mass is 268 g/mol. The first-order chi connectivity index (χ1) is 8.88. The lowest BCUT2D eigenvalue weighted by Crippen LogP contribution is -2.17. The Morgan fingerprint density at radius 2 is 1.89 bits per heavy atom. The summed E-state index contributed by atoms with van der Waals surface area (Å²) in [6.45, 7) is 1.66. The Balaban J connectivity index is 2.44. The van der Waals surface area contributed by atoms with Gasteiger partial charge in [0.1, 0.15) is 0 Å². The molecule has 2 rings (SSSR count). The minimum absolute atomic E-state index is 0.0750. The van der Waals surface area contributed by atoms with Gasteiger partial charge in [0.05, 0.1) is 11.3 Å². The van der Waals surface area contributed by atoms with Crippen LogP contribution in [-0.2, 0) is 12.6 Å². The topological polar surface area (TPSA) is 45.8 Å². The summed E-state index contributed by atoms with van der Waals surface area (Å²) in [6.07, 6.45) is -4.50. The van der Waals surface area contributed by atoms with Gasteiger partial charge >= 0.3 is 6.18 Å². The van der Waals surface area contributed by atoms with E-state index in [1.165, 1.54) is 24.3 Å². The van der Waals surface area contributed by atoms with E-state index in [1.54, 1.807) is 6.92 Å². The van der Waals surface area contributed by atoms with E-state index in [-0.39, 0.29) is 17.5 Å². The van der Waals surface area contributed by atoms with Crippen LogP contribution < -0.4 is 5.56 Å².